The average molecular weight is 312 g/mol. The standard InChI is InChI=1S/C18H32O4/c1-6-8-9-13(7-2)12-22-16(21)18(5)11-10-14(15(19)20)17(18,3)4/h13-14H,6-12H2,1-5H3,(H,19,20). The quantitative estimate of drug-likeness (QED) is 0.680. The highest BCUT2D eigenvalue weighted by Crippen LogP contribution is 2.56. The molecule has 1 saturated carbocycles. The van der Waals surface area contributed by atoms with Gasteiger partial charge in [0.25, 0.3) is 0 Å². The van der Waals surface area contributed by atoms with Gasteiger partial charge in [0.2, 0.25) is 0 Å². The Hall–Kier alpha value is -1.06. The molecule has 3 unspecified atom stereocenters. The molecule has 1 rings (SSSR count). The third-order valence-corrected chi connectivity index (χ3v) is 5.97. The lowest BCUT2D eigenvalue weighted by Gasteiger charge is -2.38. The number of carboxylic acids is 1. The van der Waals surface area contributed by atoms with Gasteiger partial charge >= 0.3 is 11.9 Å². The Morgan fingerprint density at radius 2 is 1.91 bits per heavy atom. The summed E-state index contributed by atoms with van der Waals surface area (Å²) in [6, 6.07) is 0. The van der Waals surface area contributed by atoms with Gasteiger partial charge in [0.15, 0.2) is 0 Å². The van der Waals surface area contributed by atoms with Crippen LogP contribution in [0.2, 0.25) is 0 Å². The highest BCUT2D eigenvalue weighted by Gasteiger charge is 2.59. The molecule has 0 aliphatic heterocycles. The monoisotopic (exact) mass is 312 g/mol. The number of ether oxygens (including phenoxy) is 1. The minimum atomic E-state index is -0.809. The summed E-state index contributed by atoms with van der Waals surface area (Å²) in [5.74, 6) is -1.11. The maximum Gasteiger partial charge on any atom is 0.312 e. The van der Waals surface area contributed by atoms with Crippen LogP contribution in [0.15, 0.2) is 0 Å². The number of carbonyl (C=O) groups excluding carboxylic acids is 1. The second-order valence-corrected chi connectivity index (χ2v) is 7.50. The number of carbonyl (C=O) groups is 2. The number of hydrogen-bond donors (Lipinski definition) is 1. The van der Waals surface area contributed by atoms with E-state index >= 15 is 0 Å². The zero-order valence-electron chi connectivity index (χ0n) is 14.8. The van der Waals surface area contributed by atoms with Crippen molar-refractivity contribution < 1.29 is 19.4 Å². The second kappa shape index (κ2) is 7.47. The molecule has 0 saturated heterocycles. The minimum Gasteiger partial charge on any atom is -0.481 e. The van der Waals surface area contributed by atoms with Gasteiger partial charge in [0, 0.05) is 0 Å². The first-order valence-electron chi connectivity index (χ1n) is 8.60. The van der Waals surface area contributed by atoms with Crippen LogP contribution >= 0.6 is 0 Å². The molecule has 1 aliphatic carbocycles. The van der Waals surface area contributed by atoms with E-state index in [1.807, 2.05) is 20.8 Å². The van der Waals surface area contributed by atoms with Crippen LogP contribution in [0, 0.1) is 22.7 Å². The third-order valence-electron chi connectivity index (χ3n) is 5.97. The molecule has 0 spiro atoms. The average Bonchev–Trinajstić information content (AvgIpc) is 2.70. The summed E-state index contributed by atoms with van der Waals surface area (Å²) in [5.41, 5.74) is -1.29. The van der Waals surface area contributed by atoms with E-state index in [2.05, 4.69) is 13.8 Å². The van der Waals surface area contributed by atoms with Gasteiger partial charge in [0.05, 0.1) is 17.9 Å². The summed E-state index contributed by atoms with van der Waals surface area (Å²) in [6.07, 6.45) is 5.52. The highest BCUT2D eigenvalue weighted by molar-refractivity contribution is 5.81. The lowest BCUT2D eigenvalue weighted by atomic mass is 9.65. The fraction of sp³-hybridized carbons (Fsp3) is 0.889. The van der Waals surface area contributed by atoms with Crippen molar-refractivity contribution in [2.75, 3.05) is 6.61 Å². The minimum absolute atomic E-state index is 0.226. The molecule has 4 heteroatoms. The van der Waals surface area contributed by atoms with Crippen molar-refractivity contribution in [2.24, 2.45) is 22.7 Å². The number of hydrogen-bond acceptors (Lipinski definition) is 3. The lowest BCUT2D eigenvalue weighted by molar-refractivity contribution is -0.165. The molecular weight excluding hydrogens is 280 g/mol. The number of rotatable bonds is 8. The van der Waals surface area contributed by atoms with E-state index in [0.717, 1.165) is 25.7 Å². The fourth-order valence-corrected chi connectivity index (χ4v) is 3.55. The van der Waals surface area contributed by atoms with Gasteiger partial charge in [-0.15, -0.1) is 0 Å². The van der Waals surface area contributed by atoms with Crippen LogP contribution in [0.3, 0.4) is 0 Å². The first-order valence-corrected chi connectivity index (χ1v) is 8.60. The fourth-order valence-electron chi connectivity index (χ4n) is 3.55. The summed E-state index contributed by atoms with van der Waals surface area (Å²) in [6.45, 7) is 10.4. The SMILES string of the molecule is CCCCC(CC)COC(=O)C1(C)CCC(C(=O)O)C1(C)C. The normalized spacial score (nSPS) is 28.3. The van der Waals surface area contributed by atoms with E-state index in [1.54, 1.807) is 0 Å². The van der Waals surface area contributed by atoms with Crippen molar-refractivity contribution in [3.8, 4) is 0 Å². The lowest BCUT2D eigenvalue weighted by Crippen LogP contribution is -2.44. The Labute approximate surface area is 134 Å². The molecular formula is C18H32O4. The Bertz CT molecular complexity index is 402. The van der Waals surface area contributed by atoms with E-state index in [-0.39, 0.29) is 5.97 Å². The maximum absolute atomic E-state index is 12.6. The Kier molecular flexibility index (Phi) is 6.45. The first kappa shape index (κ1) is 19.0. The van der Waals surface area contributed by atoms with Crippen LogP contribution in [0.5, 0.6) is 0 Å². The summed E-state index contributed by atoms with van der Waals surface area (Å²) in [7, 11) is 0. The van der Waals surface area contributed by atoms with Gasteiger partial charge < -0.3 is 9.84 Å². The molecule has 1 fully saturated rings. The summed E-state index contributed by atoms with van der Waals surface area (Å²) >= 11 is 0. The van der Waals surface area contributed by atoms with Crippen LogP contribution in [0.25, 0.3) is 0 Å². The van der Waals surface area contributed by atoms with Gasteiger partial charge in [-0.25, -0.2) is 0 Å². The molecule has 22 heavy (non-hydrogen) atoms. The van der Waals surface area contributed by atoms with E-state index < -0.39 is 22.7 Å². The largest absolute Gasteiger partial charge is 0.481 e. The van der Waals surface area contributed by atoms with Crippen molar-refractivity contribution in [1.82, 2.24) is 0 Å². The van der Waals surface area contributed by atoms with Crippen LogP contribution in [0.4, 0.5) is 0 Å². The van der Waals surface area contributed by atoms with Crippen molar-refractivity contribution >= 4 is 11.9 Å². The van der Waals surface area contributed by atoms with Crippen molar-refractivity contribution in [3.63, 3.8) is 0 Å². The molecule has 0 radical (unpaired) electrons. The summed E-state index contributed by atoms with van der Waals surface area (Å²) in [4.78, 5) is 24.0. The molecule has 1 N–H and O–H groups in total. The predicted molar refractivity (Wildman–Crippen MR) is 86.5 cm³/mol. The van der Waals surface area contributed by atoms with Gasteiger partial charge in [-0.3, -0.25) is 9.59 Å². The predicted octanol–water partition coefficient (Wildman–Crippen LogP) is 4.27. The van der Waals surface area contributed by atoms with Crippen molar-refractivity contribution in [2.45, 2.75) is 73.1 Å². The van der Waals surface area contributed by atoms with Crippen LogP contribution in [-0.2, 0) is 14.3 Å². The van der Waals surface area contributed by atoms with Crippen LogP contribution < -0.4 is 0 Å². The molecule has 0 aromatic heterocycles. The molecule has 1 aliphatic rings. The van der Waals surface area contributed by atoms with Crippen molar-refractivity contribution in [1.29, 1.82) is 0 Å². The molecule has 0 aromatic carbocycles. The van der Waals surface area contributed by atoms with E-state index in [1.165, 1.54) is 0 Å². The molecule has 0 amide bonds. The van der Waals surface area contributed by atoms with Gasteiger partial charge in [-0.1, -0.05) is 47.0 Å². The molecule has 128 valence electrons. The topological polar surface area (TPSA) is 63.6 Å². The third kappa shape index (κ3) is 3.64. The van der Waals surface area contributed by atoms with E-state index in [0.29, 0.717) is 25.4 Å². The zero-order valence-corrected chi connectivity index (χ0v) is 14.8. The molecule has 3 atom stereocenters. The second-order valence-electron chi connectivity index (χ2n) is 7.50. The van der Waals surface area contributed by atoms with Crippen molar-refractivity contribution in [3.05, 3.63) is 0 Å². The van der Waals surface area contributed by atoms with Crippen LogP contribution in [-0.4, -0.2) is 23.7 Å². The van der Waals surface area contributed by atoms with Gasteiger partial charge in [0.1, 0.15) is 0 Å². The maximum atomic E-state index is 12.6. The number of esters is 1. The number of carboxylic acid groups (broad SMARTS) is 1. The molecule has 0 heterocycles. The summed E-state index contributed by atoms with van der Waals surface area (Å²) < 4.78 is 5.61. The Morgan fingerprint density at radius 3 is 2.36 bits per heavy atom. The number of aliphatic carboxylic acids is 1. The highest BCUT2D eigenvalue weighted by atomic mass is 16.5. The Balaban J connectivity index is 2.70. The van der Waals surface area contributed by atoms with Crippen LogP contribution in [0.1, 0.15) is 73.1 Å². The first-order chi connectivity index (χ1) is 10.2. The van der Waals surface area contributed by atoms with E-state index in [4.69, 9.17) is 4.74 Å². The molecule has 0 aromatic rings. The Morgan fingerprint density at radius 1 is 1.27 bits per heavy atom. The van der Waals surface area contributed by atoms with Gasteiger partial charge in [-0.2, -0.15) is 0 Å². The number of unbranched alkanes of at least 4 members (excludes halogenated alkanes) is 1. The van der Waals surface area contributed by atoms with Gasteiger partial charge in [-0.05, 0) is 37.5 Å². The summed E-state index contributed by atoms with van der Waals surface area (Å²) in [5, 5.41) is 9.36. The smallest absolute Gasteiger partial charge is 0.312 e. The molecule has 0 bridgehead atoms. The van der Waals surface area contributed by atoms with E-state index in [9.17, 15) is 14.7 Å². The zero-order chi connectivity index (χ0) is 17.0. The molecule has 4 nitrogen and oxygen atoms in total.